The molecule has 5 rings (SSSR count). The maximum atomic E-state index is 13.8. The van der Waals surface area contributed by atoms with E-state index in [1.165, 1.54) is 12.1 Å². The summed E-state index contributed by atoms with van der Waals surface area (Å²) < 4.78 is 17.8. The maximum absolute atomic E-state index is 13.8. The minimum atomic E-state index is -0.390. The summed E-state index contributed by atoms with van der Waals surface area (Å²) >= 11 is 0. The summed E-state index contributed by atoms with van der Waals surface area (Å²) in [6, 6.07) is 19.8. The van der Waals surface area contributed by atoms with Gasteiger partial charge < -0.3 is 14.8 Å². The topological polar surface area (TPSA) is 55.1 Å². The predicted octanol–water partition coefficient (Wildman–Crippen LogP) is 5.38. The quantitative estimate of drug-likeness (QED) is 0.447. The van der Waals surface area contributed by atoms with Crippen LogP contribution in [-0.2, 0) is 6.54 Å². The third-order valence-corrected chi connectivity index (χ3v) is 6.19. The van der Waals surface area contributed by atoms with E-state index >= 15 is 0 Å². The van der Waals surface area contributed by atoms with Crippen molar-refractivity contribution in [2.45, 2.75) is 33.4 Å². The van der Waals surface area contributed by atoms with Crippen LogP contribution in [0.1, 0.15) is 42.4 Å². The Bertz CT molecular complexity index is 1310. The van der Waals surface area contributed by atoms with Gasteiger partial charge in [-0.1, -0.05) is 44.2 Å². The average Bonchev–Trinajstić information content (AvgIpc) is 3.39. The molecule has 7 heteroatoms. The molecule has 0 aliphatic carbocycles. The highest BCUT2D eigenvalue weighted by molar-refractivity contribution is 5.76. The van der Waals surface area contributed by atoms with Gasteiger partial charge in [-0.3, -0.25) is 0 Å². The van der Waals surface area contributed by atoms with Crippen LogP contribution in [-0.4, -0.2) is 31.8 Å². The number of carbonyl (C=O) groups excluding carboxylic acids is 1. The van der Waals surface area contributed by atoms with Crippen LogP contribution in [0.5, 0.6) is 0 Å². The van der Waals surface area contributed by atoms with Gasteiger partial charge in [0.25, 0.3) is 0 Å². The van der Waals surface area contributed by atoms with Crippen molar-refractivity contribution < 1.29 is 9.18 Å². The van der Waals surface area contributed by atoms with Crippen LogP contribution in [0.2, 0.25) is 0 Å². The number of benzene rings is 2. The zero-order valence-corrected chi connectivity index (χ0v) is 19.6. The molecule has 174 valence electrons. The Morgan fingerprint density at radius 1 is 1.09 bits per heavy atom. The van der Waals surface area contributed by atoms with E-state index in [2.05, 4.69) is 23.7 Å². The second kappa shape index (κ2) is 8.82. The molecule has 1 N–H and O–H groups in total. The van der Waals surface area contributed by atoms with Gasteiger partial charge in [-0.25, -0.2) is 13.9 Å². The van der Waals surface area contributed by atoms with Gasteiger partial charge in [-0.15, -0.1) is 0 Å². The number of nitrogens with zero attached hydrogens (tertiary/aromatic N) is 4. The van der Waals surface area contributed by atoms with Crippen molar-refractivity contribution in [1.29, 1.82) is 0 Å². The third kappa shape index (κ3) is 3.87. The lowest BCUT2D eigenvalue weighted by molar-refractivity contribution is 0.179. The van der Waals surface area contributed by atoms with E-state index in [4.69, 9.17) is 5.10 Å². The van der Waals surface area contributed by atoms with Gasteiger partial charge >= 0.3 is 6.03 Å². The lowest BCUT2D eigenvalue weighted by atomic mass is 10.0. The van der Waals surface area contributed by atoms with E-state index < -0.39 is 6.04 Å². The van der Waals surface area contributed by atoms with Crippen molar-refractivity contribution in [3.63, 3.8) is 0 Å². The van der Waals surface area contributed by atoms with Gasteiger partial charge in [0, 0.05) is 18.3 Å². The number of aromatic nitrogens is 3. The van der Waals surface area contributed by atoms with Gasteiger partial charge in [-0.05, 0) is 54.8 Å². The predicted molar refractivity (Wildman–Crippen MR) is 130 cm³/mol. The molecule has 0 saturated carbocycles. The largest absolute Gasteiger partial charge is 0.338 e. The fraction of sp³-hybridized carbons (Fsp3) is 0.259. The molecule has 0 spiro atoms. The molecule has 1 aliphatic rings. The second-order valence-electron chi connectivity index (χ2n) is 9.10. The minimum Gasteiger partial charge on any atom is -0.338 e. The van der Waals surface area contributed by atoms with Crippen LogP contribution in [0.25, 0.3) is 11.5 Å². The first-order valence-electron chi connectivity index (χ1n) is 11.6. The van der Waals surface area contributed by atoms with Crippen LogP contribution in [0.15, 0.2) is 72.9 Å². The zero-order valence-electron chi connectivity index (χ0n) is 19.6. The minimum absolute atomic E-state index is 0.157. The van der Waals surface area contributed by atoms with Crippen molar-refractivity contribution in [2.24, 2.45) is 5.92 Å². The maximum Gasteiger partial charge on any atom is 0.318 e. The van der Waals surface area contributed by atoms with E-state index in [-0.39, 0.29) is 11.8 Å². The van der Waals surface area contributed by atoms with E-state index in [0.717, 1.165) is 34.0 Å². The summed E-state index contributed by atoms with van der Waals surface area (Å²) in [7, 11) is 0. The number of para-hydroxylation sites is 1. The molecular weight excluding hydrogens is 429 g/mol. The summed E-state index contributed by atoms with van der Waals surface area (Å²) in [6.07, 6.45) is 2.00. The molecule has 2 aromatic carbocycles. The summed E-state index contributed by atoms with van der Waals surface area (Å²) in [6.45, 7) is 7.06. The van der Waals surface area contributed by atoms with Gasteiger partial charge in [0.1, 0.15) is 11.6 Å². The molecule has 2 aromatic heterocycles. The number of nitrogens with one attached hydrogen (secondary N) is 1. The summed E-state index contributed by atoms with van der Waals surface area (Å²) in [4.78, 5) is 15.4. The van der Waals surface area contributed by atoms with Gasteiger partial charge in [0.2, 0.25) is 0 Å². The molecule has 6 nitrogen and oxygen atoms in total. The summed E-state index contributed by atoms with van der Waals surface area (Å²) in [5.41, 5.74) is 4.55. The fourth-order valence-corrected chi connectivity index (χ4v) is 4.54. The number of aryl methyl sites for hydroxylation is 1. The van der Waals surface area contributed by atoms with Crippen molar-refractivity contribution in [3.8, 4) is 11.5 Å². The Morgan fingerprint density at radius 3 is 2.53 bits per heavy atom. The molecule has 0 bridgehead atoms. The first kappa shape index (κ1) is 21.9. The molecule has 0 fully saturated rings. The molecule has 0 radical (unpaired) electrons. The second-order valence-corrected chi connectivity index (χ2v) is 9.10. The summed E-state index contributed by atoms with van der Waals surface area (Å²) in [5, 5.41) is 7.93. The highest BCUT2D eigenvalue weighted by Gasteiger charge is 2.35. The molecule has 0 unspecified atom stereocenters. The van der Waals surface area contributed by atoms with Crippen LogP contribution < -0.4 is 5.32 Å². The number of rotatable bonds is 4. The highest BCUT2D eigenvalue weighted by atomic mass is 19.1. The molecule has 1 atom stereocenters. The molecule has 2 amide bonds. The van der Waals surface area contributed by atoms with E-state index in [0.29, 0.717) is 19.0 Å². The van der Waals surface area contributed by atoms with Crippen LogP contribution in [0.3, 0.4) is 0 Å². The molecule has 3 heterocycles. The van der Waals surface area contributed by atoms with Gasteiger partial charge in [0.05, 0.1) is 29.7 Å². The van der Waals surface area contributed by atoms with E-state index in [9.17, 15) is 9.18 Å². The highest BCUT2D eigenvalue weighted by Crippen LogP contribution is 2.38. The molecule has 4 aromatic rings. The van der Waals surface area contributed by atoms with Crippen LogP contribution >= 0.6 is 0 Å². The third-order valence-electron chi connectivity index (χ3n) is 6.19. The molecule has 34 heavy (non-hydrogen) atoms. The molecular formula is C27H28FN5O. The van der Waals surface area contributed by atoms with E-state index in [1.54, 1.807) is 12.1 Å². The number of hydrogen-bond donors (Lipinski definition) is 1. The van der Waals surface area contributed by atoms with Crippen molar-refractivity contribution in [2.75, 3.05) is 6.54 Å². The first-order valence-corrected chi connectivity index (χ1v) is 11.6. The number of carbonyl (C=O) groups is 1. The van der Waals surface area contributed by atoms with Gasteiger partial charge in [-0.2, -0.15) is 5.10 Å². The van der Waals surface area contributed by atoms with Crippen molar-refractivity contribution in [1.82, 2.24) is 24.6 Å². The number of urea groups is 1. The normalized spacial score (nSPS) is 15.1. The smallest absolute Gasteiger partial charge is 0.318 e. The first-order chi connectivity index (χ1) is 16.4. The number of fused-ring (bicyclic) bond motifs is 3. The number of amides is 2. The average molecular weight is 458 g/mol. The number of halogens is 1. The Kier molecular flexibility index (Phi) is 5.69. The Hall–Kier alpha value is -3.87. The standard InChI is InChI=1S/C27H28FN5O/c1-18(2)16-29-27(34)32-17-23-19(3)30-33(22-8-5-4-6-9-22)26(23)31-15-7-10-24(31)25(32)20-11-13-21(28)14-12-20/h4-15,18,25H,16-17H2,1-3H3,(H,29,34)/t25-/m1/s1. The lowest BCUT2D eigenvalue weighted by Crippen LogP contribution is -2.43. The summed E-state index contributed by atoms with van der Waals surface area (Å²) in [5.74, 6) is 0.930. The monoisotopic (exact) mass is 457 g/mol. The van der Waals surface area contributed by atoms with E-state index in [1.807, 2.05) is 65.2 Å². The van der Waals surface area contributed by atoms with Crippen LogP contribution in [0.4, 0.5) is 9.18 Å². The lowest BCUT2D eigenvalue weighted by Gasteiger charge is -2.31. The molecule has 1 aliphatic heterocycles. The Labute approximate surface area is 198 Å². The van der Waals surface area contributed by atoms with Crippen molar-refractivity contribution in [3.05, 3.63) is 101 Å². The Morgan fingerprint density at radius 2 is 1.82 bits per heavy atom. The van der Waals surface area contributed by atoms with Gasteiger partial charge in [0.15, 0.2) is 0 Å². The molecule has 0 saturated heterocycles. The SMILES string of the molecule is Cc1nn(-c2ccccc2)c2c1CN(C(=O)NCC(C)C)[C@H](c1ccc(F)cc1)c1cccn1-2. The van der Waals surface area contributed by atoms with Crippen LogP contribution in [0, 0.1) is 18.7 Å². The Balaban J connectivity index is 1.71. The zero-order chi connectivity index (χ0) is 23.8. The number of hydrogen-bond acceptors (Lipinski definition) is 2. The van der Waals surface area contributed by atoms with Crippen molar-refractivity contribution >= 4 is 6.03 Å². The fourth-order valence-electron chi connectivity index (χ4n) is 4.54.